The van der Waals surface area contributed by atoms with Crippen LogP contribution in [0.3, 0.4) is 0 Å². The Kier molecular flexibility index (Phi) is 9.59. The van der Waals surface area contributed by atoms with Crippen molar-refractivity contribution in [1.29, 1.82) is 0 Å². The summed E-state index contributed by atoms with van der Waals surface area (Å²) in [6, 6.07) is 0. The topological polar surface area (TPSA) is 60.7 Å². The molecule has 0 atom stereocenters. The van der Waals surface area contributed by atoms with Gasteiger partial charge in [0.1, 0.15) is 6.10 Å². The minimum Gasteiger partial charge on any atom is -0.394 e. The van der Waals surface area contributed by atoms with Gasteiger partial charge in [0.05, 0.1) is 13.2 Å². The molecule has 0 aromatic carbocycles. The third-order valence-electron chi connectivity index (χ3n) is 0.421. The van der Waals surface area contributed by atoms with Gasteiger partial charge in [-0.2, -0.15) is 0 Å². The number of rotatable bonds is 2. The monoisotopic (exact) mass is 167 g/mol. The van der Waals surface area contributed by atoms with Crippen molar-refractivity contribution >= 4 is 18.0 Å². The maximum atomic E-state index is 8.17. The van der Waals surface area contributed by atoms with E-state index in [4.69, 9.17) is 15.3 Å². The molecule has 0 heterocycles. The molecule has 0 saturated heterocycles. The van der Waals surface area contributed by atoms with Crippen molar-refractivity contribution in [3.8, 4) is 0 Å². The summed E-state index contributed by atoms with van der Waals surface area (Å²) in [7, 11) is 0. The molecule has 3 radical (unpaired) electrons. The second-order valence-corrected chi connectivity index (χ2v) is 1.02. The second-order valence-electron chi connectivity index (χ2n) is 1.02. The fourth-order valence-electron chi connectivity index (χ4n) is 0.0577. The van der Waals surface area contributed by atoms with E-state index in [-0.39, 0.29) is 31.2 Å². The molecule has 0 saturated carbocycles. The smallest absolute Gasteiger partial charge is 0.100 e. The van der Waals surface area contributed by atoms with Crippen molar-refractivity contribution in [2.45, 2.75) is 6.10 Å². The van der Waals surface area contributed by atoms with Crippen LogP contribution in [0.15, 0.2) is 0 Å². The Morgan fingerprint density at radius 3 is 1.43 bits per heavy atom. The van der Waals surface area contributed by atoms with Crippen molar-refractivity contribution < 1.29 is 15.3 Å². The van der Waals surface area contributed by atoms with Crippen molar-refractivity contribution in [3.05, 3.63) is 0 Å². The fraction of sp³-hybridized carbons (Fsp3) is 1.00. The first-order valence-electron chi connectivity index (χ1n) is 1.71. The van der Waals surface area contributed by atoms with Crippen molar-refractivity contribution in [2.75, 3.05) is 13.2 Å². The molecule has 3 nitrogen and oxygen atoms in total. The third kappa shape index (κ3) is 6.44. The summed E-state index contributed by atoms with van der Waals surface area (Å²) < 4.78 is 0. The molecule has 0 aromatic heterocycles. The molecule has 0 aliphatic rings. The largest absolute Gasteiger partial charge is 0.394 e. The van der Waals surface area contributed by atoms with E-state index < -0.39 is 6.10 Å². The van der Waals surface area contributed by atoms with Crippen molar-refractivity contribution in [2.24, 2.45) is 0 Å². The molecule has 0 aromatic rings. The zero-order chi connectivity index (χ0) is 4.99. The minimum absolute atomic E-state index is 0. The van der Waals surface area contributed by atoms with Gasteiger partial charge in [-0.3, -0.25) is 0 Å². The van der Waals surface area contributed by atoms with Crippen LogP contribution in [0.2, 0.25) is 0 Å². The Hall–Kier alpha value is 0.438. The van der Waals surface area contributed by atoms with Crippen LogP contribution in [-0.2, 0) is 0 Å². The second kappa shape index (κ2) is 6.44. The van der Waals surface area contributed by atoms with Gasteiger partial charge in [-0.15, -0.1) is 0 Å². The van der Waals surface area contributed by atoms with Gasteiger partial charge in [0.15, 0.2) is 0 Å². The standard InChI is InChI=1S/C3H8O3.As/c4-1-3(6)2-5;/h3-6H,1-2H2;. The van der Waals surface area contributed by atoms with E-state index in [1.54, 1.807) is 0 Å². The number of hydrogen-bond acceptors (Lipinski definition) is 3. The van der Waals surface area contributed by atoms with Crippen LogP contribution in [0.25, 0.3) is 0 Å². The SMILES string of the molecule is OCC(O)CO.[As]. The molecular weight excluding hydrogens is 159 g/mol. The molecule has 0 rings (SSSR count). The molecule has 43 valence electrons. The van der Waals surface area contributed by atoms with Crippen LogP contribution in [0.1, 0.15) is 0 Å². The zero-order valence-corrected chi connectivity index (χ0v) is 5.66. The van der Waals surface area contributed by atoms with Crippen LogP contribution < -0.4 is 0 Å². The molecule has 0 unspecified atom stereocenters. The van der Waals surface area contributed by atoms with Gasteiger partial charge in [-0.25, -0.2) is 0 Å². The predicted molar refractivity (Wildman–Crippen MR) is 25.9 cm³/mol. The van der Waals surface area contributed by atoms with Crippen LogP contribution in [0, 0.1) is 0 Å². The van der Waals surface area contributed by atoms with E-state index in [0.717, 1.165) is 0 Å². The van der Waals surface area contributed by atoms with Gasteiger partial charge in [-0.1, -0.05) is 0 Å². The summed E-state index contributed by atoms with van der Waals surface area (Å²) in [6.07, 6.45) is -0.954. The molecular formula is C3H8AsO3. The van der Waals surface area contributed by atoms with Crippen LogP contribution in [-0.4, -0.2) is 52.6 Å². The number of aliphatic hydroxyl groups excluding tert-OH is 3. The molecule has 4 heteroatoms. The molecule has 3 N–H and O–H groups in total. The third-order valence-corrected chi connectivity index (χ3v) is 0.421. The molecule has 0 aliphatic carbocycles. The van der Waals surface area contributed by atoms with Crippen molar-refractivity contribution in [1.82, 2.24) is 0 Å². The molecule has 0 aliphatic heterocycles. The summed E-state index contributed by atoms with van der Waals surface area (Å²) in [4.78, 5) is 0. The Balaban J connectivity index is 0. The van der Waals surface area contributed by atoms with Crippen LogP contribution >= 0.6 is 0 Å². The quantitative estimate of drug-likeness (QED) is 0.415. The Bertz CT molecular complexity index is 29.4. The van der Waals surface area contributed by atoms with Gasteiger partial charge in [0.25, 0.3) is 0 Å². The van der Waals surface area contributed by atoms with Crippen LogP contribution in [0.4, 0.5) is 0 Å². The maximum absolute atomic E-state index is 8.17. The zero-order valence-electron chi connectivity index (χ0n) is 3.78. The minimum atomic E-state index is -0.954. The Labute approximate surface area is 53.3 Å². The van der Waals surface area contributed by atoms with Gasteiger partial charge < -0.3 is 15.3 Å². The average molecular weight is 167 g/mol. The van der Waals surface area contributed by atoms with Gasteiger partial charge in [0.2, 0.25) is 0 Å². The molecule has 0 bridgehead atoms. The van der Waals surface area contributed by atoms with E-state index in [0.29, 0.717) is 0 Å². The van der Waals surface area contributed by atoms with Gasteiger partial charge in [0, 0.05) is 18.0 Å². The van der Waals surface area contributed by atoms with Gasteiger partial charge >= 0.3 is 0 Å². The summed E-state index contributed by atoms with van der Waals surface area (Å²) in [5.74, 6) is 0. The Morgan fingerprint density at radius 1 is 1.14 bits per heavy atom. The molecule has 0 fully saturated rings. The predicted octanol–water partition coefficient (Wildman–Crippen LogP) is -2.05. The summed E-state index contributed by atoms with van der Waals surface area (Å²) in [5.41, 5.74) is 0. The number of aliphatic hydroxyl groups is 3. The summed E-state index contributed by atoms with van der Waals surface area (Å²) in [6.45, 7) is -0.729. The normalized spacial score (nSPS) is 8.57. The van der Waals surface area contributed by atoms with E-state index >= 15 is 0 Å². The average Bonchev–Trinajstić information content (AvgIpc) is 1.65. The molecule has 7 heavy (non-hydrogen) atoms. The fourth-order valence-corrected chi connectivity index (χ4v) is 0.0577. The maximum Gasteiger partial charge on any atom is 0.100 e. The van der Waals surface area contributed by atoms with E-state index in [1.165, 1.54) is 0 Å². The van der Waals surface area contributed by atoms with Crippen LogP contribution in [0.5, 0.6) is 0 Å². The summed E-state index contributed by atoms with van der Waals surface area (Å²) >= 11 is 0. The molecule has 0 spiro atoms. The van der Waals surface area contributed by atoms with Crippen molar-refractivity contribution in [3.63, 3.8) is 0 Å². The first-order valence-corrected chi connectivity index (χ1v) is 1.71. The number of hydrogen-bond donors (Lipinski definition) is 3. The van der Waals surface area contributed by atoms with Gasteiger partial charge in [-0.05, 0) is 0 Å². The summed E-state index contributed by atoms with van der Waals surface area (Å²) in [5, 5.41) is 24.0. The first kappa shape index (κ1) is 10.4. The molecule has 0 amide bonds. The van der Waals surface area contributed by atoms with E-state index in [1.807, 2.05) is 0 Å². The van der Waals surface area contributed by atoms with E-state index in [2.05, 4.69) is 0 Å². The Morgan fingerprint density at radius 2 is 1.43 bits per heavy atom. The first-order chi connectivity index (χ1) is 2.81. The van der Waals surface area contributed by atoms with E-state index in [9.17, 15) is 0 Å².